The quantitative estimate of drug-likeness (QED) is 0.171. The number of para-hydroxylation sites is 6. The third-order valence-corrected chi connectivity index (χ3v) is 20.2. The van der Waals surface area contributed by atoms with Gasteiger partial charge in [-0.2, -0.15) is 0 Å². The third kappa shape index (κ3) is 5.54. The SMILES string of the molecule is CC1(C)c2cccc3c2N2c4c1cccc4C(C)(C)c1cc(-c4ccc5c(c4)c4ccccc4n5-c4ccccc4)cc(c12)C3(C)C.CC1(C)c2cccc3c2N2c4c1cccc4C(C)(C)c1cc(Br)cc(c12)C3(C)C. The minimum atomic E-state index is -0.161. The van der Waals surface area contributed by atoms with Gasteiger partial charge in [0.1, 0.15) is 0 Å². The van der Waals surface area contributed by atoms with Crippen LogP contribution >= 0.6 is 15.9 Å². The summed E-state index contributed by atoms with van der Waals surface area (Å²) in [5.74, 6) is 0. The maximum Gasteiger partial charge on any atom is 0.0544 e. The van der Waals surface area contributed by atoms with Crippen molar-refractivity contribution < 1.29 is 0 Å². The molecule has 9 aromatic carbocycles. The highest BCUT2D eigenvalue weighted by molar-refractivity contribution is 9.10. The van der Waals surface area contributed by atoms with E-state index in [0.29, 0.717) is 0 Å². The monoisotopic (exact) mass is 1050 g/mol. The van der Waals surface area contributed by atoms with Crippen LogP contribution in [0.4, 0.5) is 34.1 Å². The fourth-order valence-electron chi connectivity index (χ4n) is 15.5. The van der Waals surface area contributed by atoms with Crippen LogP contribution in [0.15, 0.2) is 174 Å². The van der Waals surface area contributed by atoms with Gasteiger partial charge in [-0.05, 0) is 132 Å². The molecule has 7 heterocycles. The number of fused-ring (bicyclic) bond motifs is 3. The molecule has 0 saturated heterocycles. The summed E-state index contributed by atoms with van der Waals surface area (Å²) in [6.07, 6.45) is 0. The van der Waals surface area contributed by atoms with Gasteiger partial charge < -0.3 is 14.4 Å². The second kappa shape index (κ2) is 14.7. The summed E-state index contributed by atoms with van der Waals surface area (Å²) in [5, 5.41) is 2.57. The Kier molecular flexibility index (Phi) is 8.91. The molecule has 0 bridgehead atoms. The Morgan fingerprint density at radius 3 is 1.01 bits per heavy atom. The summed E-state index contributed by atoms with van der Waals surface area (Å²) >= 11 is 3.83. The van der Waals surface area contributed by atoms with Crippen molar-refractivity contribution >= 4 is 71.9 Å². The van der Waals surface area contributed by atoms with Crippen molar-refractivity contribution in [3.63, 3.8) is 0 Å². The third-order valence-electron chi connectivity index (χ3n) is 19.8. The number of nitrogens with zero attached hydrogens (tertiary/aromatic N) is 3. The van der Waals surface area contributed by atoms with Crippen LogP contribution in [0.25, 0.3) is 38.6 Å². The molecule has 10 aromatic rings. The Hall–Kier alpha value is -7.14. The number of halogens is 1. The molecule has 16 rings (SSSR count). The zero-order chi connectivity index (χ0) is 52.5. The standard InChI is InChI=1S/C45H38N2.C27H26BrN/c1-43(2)32-17-12-19-34-40(32)47-41-33(43)18-13-20-35(41)45(5,6)37-26-28(25-36(42(37)47)44(34,3)4)27-22-23-39-31(24-27)30-16-10-11-21-38(30)46(39)29-14-8-7-9-15-29;1-25(2)16-9-7-11-18-22(16)29-23-17(25)10-8-12-19(23)27(5,6)21-14-15(28)13-20(24(21)29)26(18,3)4/h7-26H,1-6H3;7-14H,1-6H3. The molecule has 0 atom stereocenters. The molecular formula is C72H64BrN3. The zero-order valence-electron chi connectivity index (χ0n) is 45.9. The van der Waals surface area contributed by atoms with Crippen molar-refractivity contribution in [2.45, 2.75) is 116 Å². The van der Waals surface area contributed by atoms with Gasteiger partial charge >= 0.3 is 0 Å². The van der Waals surface area contributed by atoms with Crippen LogP contribution in [0, 0.1) is 0 Å². The lowest BCUT2D eigenvalue weighted by molar-refractivity contribution is 0.566. The molecule has 4 heteroatoms. The number of hydrogen-bond donors (Lipinski definition) is 0. The second-order valence-corrected chi connectivity index (χ2v) is 26.8. The Morgan fingerprint density at radius 1 is 0.276 bits per heavy atom. The summed E-state index contributed by atoms with van der Waals surface area (Å²) in [6, 6.07) is 64.3. The van der Waals surface area contributed by atoms with Gasteiger partial charge in [0.15, 0.2) is 0 Å². The molecule has 0 radical (unpaired) electrons. The van der Waals surface area contributed by atoms with Crippen LogP contribution in [0.1, 0.15) is 150 Å². The smallest absolute Gasteiger partial charge is 0.0544 e. The van der Waals surface area contributed by atoms with Gasteiger partial charge in [0.05, 0.1) is 45.2 Å². The van der Waals surface area contributed by atoms with Gasteiger partial charge in [-0.3, -0.25) is 0 Å². The second-order valence-electron chi connectivity index (χ2n) is 25.9. The average molecular weight is 1050 g/mol. The maximum absolute atomic E-state index is 3.83. The molecular weight excluding hydrogens is 987 g/mol. The number of aromatic nitrogens is 1. The van der Waals surface area contributed by atoms with Crippen molar-refractivity contribution in [1.82, 2.24) is 4.57 Å². The van der Waals surface area contributed by atoms with E-state index in [1.807, 2.05) is 0 Å². The van der Waals surface area contributed by atoms with Gasteiger partial charge in [0.2, 0.25) is 0 Å². The molecule has 3 nitrogen and oxygen atoms in total. The summed E-state index contributed by atoms with van der Waals surface area (Å²) in [7, 11) is 0. The molecule has 0 aliphatic carbocycles. The largest absolute Gasteiger partial charge is 0.309 e. The Morgan fingerprint density at radius 2 is 0.605 bits per heavy atom. The Balaban J connectivity index is 0.000000149. The van der Waals surface area contributed by atoms with Crippen LogP contribution in [0.5, 0.6) is 0 Å². The van der Waals surface area contributed by atoms with E-state index < -0.39 is 0 Å². The highest BCUT2D eigenvalue weighted by atomic mass is 79.9. The van der Waals surface area contributed by atoms with Crippen LogP contribution < -0.4 is 9.80 Å². The van der Waals surface area contributed by atoms with Crippen molar-refractivity contribution in [1.29, 1.82) is 0 Å². The molecule has 0 saturated carbocycles. The predicted molar refractivity (Wildman–Crippen MR) is 322 cm³/mol. The van der Waals surface area contributed by atoms with Gasteiger partial charge in [-0.1, -0.05) is 214 Å². The van der Waals surface area contributed by atoms with Crippen molar-refractivity contribution in [2.75, 3.05) is 9.80 Å². The van der Waals surface area contributed by atoms with Crippen LogP contribution in [0.3, 0.4) is 0 Å². The number of rotatable bonds is 2. The van der Waals surface area contributed by atoms with Crippen molar-refractivity contribution in [2.24, 2.45) is 0 Å². The topological polar surface area (TPSA) is 11.4 Å². The average Bonchev–Trinajstić information content (AvgIpc) is 3.46. The van der Waals surface area contributed by atoms with Gasteiger partial charge in [-0.25, -0.2) is 0 Å². The minimum Gasteiger partial charge on any atom is -0.309 e. The molecule has 0 spiro atoms. The lowest BCUT2D eigenvalue weighted by Crippen LogP contribution is -2.43. The molecule has 0 fully saturated rings. The number of anilines is 6. The van der Waals surface area contributed by atoms with Crippen LogP contribution in [-0.4, -0.2) is 4.57 Å². The fraction of sp³-hybridized carbons (Fsp3) is 0.250. The summed E-state index contributed by atoms with van der Waals surface area (Å²) in [6.45, 7) is 28.9. The first kappa shape index (κ1) is 46.2. The lowest BCUT2D eigenvalue weighted by atomic mass is 9.60. The Labute approximate surface area is 457 Å². The van der Waals surface area contributed by atoms with E-state index in [1.54, 1.807) is 0 Å². The van der Waals surface area contributed by atoms with E-state index in [9.17, 15) is 0 Å². The summed E-state index contributed by atoms with van der Waals surface area (Å²) < 4.78 is 3.57. The molecule has 6 aliphatic heterocycles. The molecule has 0 unspecified atom stereocenters. The number of hydrogen-bond acceptors (Lipinski definition) is 2. The van der Waals surface area contributed by atoms with E-state index in [2.05, 4.69) is 283 Å². The first-order valence-electron chi connectivity index (χ1n) is 27.5. The van der Waals surface area contributed by atoms with E-state index in [-0.39, 0.29) is 32.5 Å². The van der Waals surface area contributed by atoms with E-state index >= 15 is 0 Å². The van der Waals surface area contributed by atoms with Crippen LogP contribution in [-0.2, 0) is 32.5 Å². The molecule has 374 valence electrons. The molecule has 1 aromatic heterocycles. The van der Waals surface area contributed by atoms with E-state index in [0.717, 1.165) is 0 Å². The van der Waals surface area contributed by atoms with E-state index in [4.69, 9.17) is 0 Å². The predicted octanol–water partition coefficient (Wildman–Crippen LogP) is 19.7. The zero-order valence-corrected chi connectivity index (χ0v) is 47.5. The molecule has 0 N–H and O–H groups in total. The minimum absolute atomic E-state index is 0.0241. The van der Waals surface area contributed by atoms with Gasteiger partial charge in [0, 0.05) is 53.4 Å². The van der Waals surface area contributed by atoms with Crippen molar-refractivity contribution in [3.05, 3.63) is 241 Å². The van der Waals surface area contributed by atoms with Crippen molar-refractivity contribution in [3.8, 4) is 16.8 Å². The molecule has 0 amide bonds. The highest BCUT2D eigenvalue weighted by Gasteiger charge is 2.54. The van der Waals surface area contributed by atoms with E-state index in [1.165, 1.54) is 144 Å². The normalized spacial score (nSPS) is 18.4. The lowest BCUT2D eigenvalue weighted by Gasteiger charge is -2.55. The van der Waals surface area contributed by atoms with Gasteiger partial charge in [0.25, 0.3) is 0 Å². The first-order valence-corrected chi connectivity index (χ1v) is 28.3. The number of benzene rings is 9. The van der Waals surface area contributed by atoms with Crippen LogP contribution in [0.2, 0.25) is 0 Å². The summed E-state index contributed by atoms with van der Waals surface area (Å²) in [4.78, 5) is 5.26. The summed E-state index contributed by atoms with van der Waals surface area (Å²) in [5.41, 5.74) is 31.2. The Bertz CT molecular complexity index is 4070. The van der Waals surface area contributed by atoms with Gasteiger partial charge in [-0.15, -0.1) is 0 Å². The fourth-order valence-corrected chi connectivity index (χ4v) is 16.0. The first-order chi connectivity index (χ1) is 36.2. The molecule has 6 aliphatic rings. The highest BCUT2D eigenvalue weighted by Crippen LogP contribution is 2.68. The molecule has 76 heavy (non-hydrogen) atoms. The maximum atomic E-state index is 3.83.